The van der Waals surface area contributed by atoms with Gasteiger partial charge in [0.2, 0.25) is 0 Å². The number of ether oxygens (including phenoxy) is 1. The molecule has 1 aromatic rings. The molecule has 0 bridgehead atoms. The van der Waals surface area contributed by atoms with Crippen LogP contribution in [0.3, 0.4) is 0 Å². The summed E-state index contributed by atoms with van der Waals surface area (Å²) in [6.07, 6.45) is 0.447. The third-order valence-corrected chi connectivity index (χ3v) is 3.89. The Kier molecular flexibility index (Phi) is 6.15. The minimum Gasteiger partial charge on any atom is -0.450 e. The molecule has 122 valence electrons. The average Bonchev–Trinajstić information content (AvgIpc) is 2.54. The van der Waals surface area contributed by atoms with Gasteiger partial charge in [-0.25, -0.2) is 9.18 Å². The van der Waals surface area contributed by atoms with Crippen molar-refractivity contribution in [2.24, 2.45) is 0 Å². The van der Waals surface area contributed by atoms with Crippen LogP contribution in [0.2, 0.25) is 0 Å². The summed E-state index contributed by atoms with van der Waals surface area (Å²) in [4.78, 5) is 13.3. The van der Waals surface area contributed by atoms with Gasteiger partial charge in [-0.2, -0.15) is 0 Å². The first-order chi connectivity index (χ1) is 10.6. The summed E-state index contributed by atoms with van der Waals surface area (Å²) in [5, 5.41) is 13.3. The SMILES string of the molecule is CCOC(=O)N1CCC(NCC(O)c2ccccc2F)CC1. The van der Waals surface area contributed by atoms with Crippen molar-refractivity contribution in [3.8, 4) is 0 Å². The summed E-state index contributed by atoms with van der Waals surface area (Å²) in [7, 11) is 0. The highest BCUT2D eigenvalue weighted by Gasteiger charge is 2.24. The van der Waals surface area contributed by atoms with Gasteiger partial charge in [-0.3, -0.25) is 0 Å². The Hall–Kier alpha value is -1.66. The van der Waals surface area contributed by atoms with Crippen molar-refractivity contribution in [1.29, 1.82) is 0 Å². The van der Waals surface area contributed by atoms with Gasteiger partial charge in [0.05, 0.1) is 12.7 Å². The van der Waals surface area contributed by atoms with Crippen LogP contribution >= 0.6 is 0 Å². The van der Waals surface area contributed by atoms with Crippen LogP contribution in [0.25, 0.3) is 0 Å². The number of nitrogens with one attached hydrogen (secondary N) is 1. The molecule has 1 fully saturated rings. The first kappa shape index (κ1) is 16.7. The molecule has 0 aromatic heterocycles. The molecule has 2 N–H and O–H groups in total. The lowest BCUT2D eigenvalue weighted by atomic mass is 10.0. The third kappa shape index (κ3) is 4.42. The van der Waals surface area contributed by atoms with Crippen LogP contribution < -0.4 is 5.32 Å². The molecule has 1 aliphatic rings. The Balaban J connectivity index is 1.75. The zero-order valence-electron chi connectivity index (χ0n) is 12.8. The summed E-state index contributed by atoms with van der Waals surface area (Å²) in [6.45, 7) is 3.73. The van der Waals surface area contributed by atoms with Crippen molar-refractivity contribution in [1.82, 2.24) is 10.2 Å². The van der Waals surface area contributed by atoms with Crippen LogP contribution in [-0.4, -0.2) is 48.4 Å². The molecule has 0 spiro atoms. The number of halogens is 1. The highest BCUT2D eigenvalue weighted by Crippen LogP contribution is 2.17. The lowest BCUT2D eigenvalue weighted by molar-refractivity contribution is 0.0926. The molecule has 1 atom stereocenters. The predicted octanol–water partition coefficient (Wildman–Crippen LogP) is 2.07. The van der Waals surface area contributed by atoms with E-state index in [1.165, 1.54) is 6.07 Å². The van der Waals surface area contributed by atoms with Crippen LogP contribution in [0.1, 0.15) is 31.4 Å². The van der Waals surface area contributed by atoms with Gasteiger partial charge in [0.15, 0.2) is 0 Å². The van der Waals surface area contributed by atoms with Gasteiger partial charge in [0.1, 0.15) is 5.82 Å². The molecule has 1 saturated heterocycles. The second-order valence-corrected chi connectivity index (χ2v) is 5.41. The molecule has 1 heterocycles. The minimum atomic E-state index is -0.871. The Morgan fingerprint density at radius 3 is 2.77 bits per heavy atom. The lowest BCUT2D eigenvalue weighted by Crippen LogP contribution is -2.45. The van der Waals surface area contributed by atoms with Crippen LogP contribution in [0.15, 0.2) is 24.3 Å². The topological polar surface area (TPSA) is 61.8 Å². The maximum atomic E-state index is 13.6. The van der Waals surface area contributed by atoms with Gasteiger partial charge in [0.25, 0.3) is 0 Å². The second kappa shape index (κ2) is 8.10. The molecule has 1 aliphatic heterocycles. The van der Waals surface area contributed by atoms with Gasteiger partial charge in [-0.05, 0) is 25.8 Å². The van der Waals surface area contributed by atoms with Gasteiger partial charge in [-0.15, -0.1) is 0 Å². The molecule has 1 aromatic carbocycles. The van der Waals surface area contributed by atoms with Crippen molar-refractivity contribution in [3.63, 3.8) is 0 Å². The number of nitrogens with zero attached hydrogens (tertiary/aromatic N) is 1. The van der Waals surface area contributed by atoms with Crippen molar-refractivity contribution in [2.45, 2.75) is 31.9 Å². The van der Waals surface area contributed by atoms with Gasteiger partial charge >= 0.3 is 6.09 Å². The fourth-order valence-corrected chi connectivity index (χ4v) is 2.61. The summed E-state index contributed by atoms with van der Waals surface area (Å²) in [6, 6.07) is 6.46. The minimum absolute atomic E-state index is 0.215. The van der Waals surface area contributed by atoms with E-state index in [2.05, 4.69) is 5.32 Å². The molecular weight excluding hydrogens is 287 g/mol. The van der Waals surface area contributed by atoms with Crippen molar-refractivity contribution < 1.29 is 19.0 Å². The average molecular weight is 310 g/mol. The largest absolute Gasteiger partial charge is 0.450 e. The molecule has 2 rings (SSSR count). The quantitative estimate of drug-likeness (QED) is 0.874. The van der Waals surface area contributed by atoms with Crippen LogP contribution in [0.4, 0.5) is 9.18 Å². The third-order valence-electron chi connectivity index (χ3n) is 3.89. The van der Waals surface area contributed by atoms with Gasteiger partial charge in [0, 0.05) is 31.2 Å². The number of piperidine rings is 1. The Bertz CT molecular complexity index is 490. The summed E-state index contributed by atoms with van der Waals surface area (Å²) >= 11 is 0. The number of hydrogen-bond acceptors (Lipinski definition) is 4. The number of aliphatic hydroxyl groups is 1. The Morgan fingerprint density at radius 2 is 2.14 bits per heavy atom. The van der Waals surface area contributed by atoms with Crippen molar-refractivity contribution >= 4 is 6.09 Å². The molecule has 6 heteroatoms. The monoisotopic (exact) mass is 310 g/mol. The first-order valence-electron chi connectivity index (χ1n) is 7.69. The van der Waals surface area contributed by atoms with Crippen molar-refractivity contribution in [2.75, 3.05) is 26.2 Å². The summed E-state index contributed by atoms with van der Waals surface area (Å²) < 4.78 is 18.5. The van der Waals surface area contributed by atoms with E-state index in [1.54, 1.807) is 30.0 Å². The molecule has 1 unspecified atom stereocenters. The second-order valence-electron chi connectivity index (χ2n) is 5.41. The van der Waals surface area contributed by atoms with Gasteiger partial charge < -0.3 is 20.1 Å². The zero-order chi connectivity index (χ0) is 15.9. The molecule has 5 nitrogen and oxygen atoms in total. The van der Waals surface area contributed by atoms with Crippen LogP contribution in [0, 0.1) is 5.82 Å². The standard InChI is InChI=1S/C16H23FN2O3/c1-2-22-16(21)19-9-7-12(8-10-19)18-11-15(20)13-5-3-4-6-14(13)17/h3-6,12,15,18,20H,2,7-11H2,1H3. The predicted molar refractivity (Wildman–Crippen MR) is 81.0 cm³/mol. The molecule has 0 radical (unpaired) electrons. The van der Waals surface area contributed by atoms with Crippen LogP contribution in [-0.2, 0) is 4.74 Å². The van der Waals surface area contributed by atoms with Crippen molar-refractivity contribution in [3.05, 3.63) is 35.6 Å². The fourth-order valence-electron chi connectivity index (χ4n) is 2.61. The van der Waals surface area contributed by atoms with E-state index in [4.69, 9.17) is 4.74 Å². The molecule has 0 aliphatic carbocycles. The number of hydrogen-bond donors (Lipinski definition) is 2. The van der Waals surface area contributed by atoms with Crippen LogP contribution in [0.5, 0.6) is 0 Å². The van der Waals surface area contributed by atoms with E-state index in [0.29, 0.717) is 31.8 Å². The fraction of sp³-hybridized carbons (Fsp3) is 0.562. The maximum Gasteiger partial charge on any atom is 0.409 e. The number of rotatable bonds is 5. The highest BCUT2D eigenvalue weighted by molar-refractivity contribution is 5.67. The highest BCUT2D eigenvalue weighted by atomic mass is 19.1. The van der Waals surface area contributed by atoms with E-state index in [9.17, 15) is 14.3 Å². The normalized spacial score (nSPS) is 17.3. The van der Waals surface area contributed by atoms with E-state index in [0.717, 1.165) is 12.8 Å². The van der Waals surface area contributed by atoms with E-state index in [-0.39, 0.29) is 12.1 Å². The van der Waals surface area contributed by atoms with E-state index >= 15 is 0 Å². The number of amides is 1. The van der Waals surface area contributed by atoms with E-state index < -0.39 is 11.9 Å². The summed E-state index contributed by atoms with van der Waals surface area (Å²) in [5.74, 6) is -0.395. The lowest BCUT2D eigenvalue weighted by Gasteiger charge is -2.32. The Morgan fingerprint density at radius 1 is 1.45 bits per heavy atom. The maximum absolute atomic E-state index is 13.6. The molecule has 22 heavy (non-hydrogen) atoms. The summed E-state index contributed by atoms with van der Waals surface area (Å²) in [5.41, 5.74) is 0.305. The number of carbonyl (C=O) groups is 1. The number of likely N-dealkylation sites (tertiary alicyclic amines) is 1. The molecule has 0 saturated carbocycles. The molecular formula is C16H23FN2O3. The van der Waals surface area contributed by atoms with Gasteiger partial charge in [-0.1, -0.05) is 18.2 Å². The molecule has 1 amide bonds. The number of carbonyl (C=O) groups excluding carboxylic acids is 1. The first-order valence-corrected chi connectivity index (χ1v) is 7.69. The zero-order valence-corrected chi connectivity index (χ0v) is 12.8. The number of benzene rings is 1. The smallest absolute Gasteiger partial charge is 0.409 e. The number of aliphatic hydroxyl groups excluding tert-OH is 1. The van der Waals surface area contributed by atoms with E-state index in [1.807, 2.05) is 0 Å². The Labute approximate surface area is 130 Å².